The number of thiazole rings is 1. The summed E-state index contributed by atoms with van der Waals surface area (Å²) in [5, 5.41) is 0.901. The molecule has 45 heavy (non-hydrogen) atoms. The van der Waals surface area contributed by atoms with Gasteiger partial charge in [0.15, 0.2) is 40.3 Å². The normalized spacial score (nSPS) is 11.0. The van der Waals surface area contributed by atoms with Crippen molar-refractivity contribution in [1.82, 2.24) is 4.98 Å². The molecule has 0 atom stereocenters. The number of allylic oxidation sites excluding steroid dienone is 1. The van der Waals surface area contributed by atoms with Crippen LogP contribution in [0.2, 0.25) is 0 Å². The molecule has 1 aromatic heterocycles. The lowest BCUT2D eigenvalue weighted by Gasteiger charge is -2.14. The Morgan fingerprint density at radius 1 is 0.689 bits per heavy atom. The number of nitrogens with zero attached hydrogens (tertiary/aromatic N) is 1. The summed E-state index contributed by atoms with van der Waals surface area (Å²) in [6.07, 6.45) is 3.17. The molecule has 0 fully saturated rings. The Balaban J connectivity index is 1.25. The number of fused-ring (bicyclic) bond motifs is 1. The summed E-state index contributed by atoms with van der Waals surface area (Å²) in [6.45, 7) is 0.491. The number of benzene rings is 4. The summed E-state index contributed by atoms with van der Waals surface area (Å²) in [6, 6.07) is 22.4. The highest BCUT2D eigenvalue weighted by Crippen LogP contribution is 2.39. The Morgan fingerprint density at radius 2 is 1.31 bits per heavy atom. The van der Waals surface area contributed by atoms with Gasteiger partial charge >= 0.3 is 0 Å². The van der Waals surface area contributed by atoms with Crippen LogP contribution in [0.15, 0.2) is 78.9 Å². The highest BCUT2D eigenvalue weighted by atomic mass is 32.1. The van der Waals surface area contributed by atoms with E-state index in [0.29, 0.717) is 45.8 Å². The third-order valence-electron chi connectivity index (χ3n) is 6.87. The summed E-state index contributed by atoms with van der Waals surface area (Å²) in [7, 11) is 7.69. The molecular formula is C35H33NO8S. The SMILES string of the molecule is COc1ccc(/C=C/C(=O)c2cc(OC)c(OC)c(OC)c2)cc1OCCOc1cc(-c2nc3ccccc3s2)ccc1OC. The average Bonchev–Trinajstić information content (AvgIpc) is 3.52. The first-order valence-corrected chi connectivity index (χ1v) is 14.8. The Labute approximate surface area is 265 Å². The molecule has 0 saturated heterocycles. The predicted octanol–water partition coefficient (Wildman–Crippen LogP) is 7.36. The van der Waals surface area contributed by atoms with E-state index in [0.717, 1.165) is 26.4 Å². The molecule has 232 valence electrons. The predicted molar refractivity (Wildman–Crippen MR) is 175 cm³/mol. The van der Waals surface area contributed by atoms with Gasteiger partial charge in [0.1, 0.15) is 18.2 Å². The van der Waals surface area contributed by atoms with Gasteiger partial charge in [-0.1, -0.05) is 24.3 Å². The fourth-order valence-electron chi connectivity index (χ4n) is 4.62. The minimum atomic E-state index is -0.233. The zero-order chi connectivity index (χ0) is 31.8. The lowest BCUT2D eigenvalue weighted by Crippen LogP contribution is -2.10. The van der Waals surface area contributed by atoms with Crippen LogP contribution in [0.5, 0.6) is 40.2 Å². The Morgan fingerprint density at radius 3 is 1.93 bits per heavy atom. The summed E-state index contributed by atoms with van der Waals surface area (Å²) in [5.41, 5.74) is 3.04. The summed E-state index contributed by atoms with van der Waals surface area (Å²) < 4.78 is 40.3. The average molecular weight is 628 g/mol. The third-order valence-corrected chi connectivity index (χ3v) is 7.95. The van der Waals surface area contributed by atoms with Crippen LogP contribution >= 0.6 is 11.3 Å². The first-order valence-electron chi connectivity index (χ1n) is 14.0. The van der Waals surface area contributed by atoms with E-state index in [1.807, 2.05) is 42.5 Å². The van der Waals surface area contributed by atoms with Crippen LogP contribution in [0.3, 0.4) is 0 Å². The zero-order valence-corrected chi connectivity index (χ0v) is 26.4. The molecular weight excluding hydrogens is 594 g/mol. The van der Waals surface area contributed by atoms with E-state index in [1.165, 1.54) is 27.4 Å². The highest BCUT2D eigenvalue weighted by Gasteiger charge is 2.16. The van der Waals surface area contributed by atoms with Gasteiger partial charge in [-0.15, -0.1) is 11.3 Å². The van der Waals surface area contributed by atoms with Crippen molar-refractivity contribution in [3.05, 3.63) is 90.0 Å². The van der Waals surface area contributed by atoms with Gasteiger partial charge < -0.3 is 33.2 Å². The minimum Gasteiger partial charge on any atom is -0.493 e. The molecule has 0 amide bonds. The lowest BCUT2D eigenvalue weighted by atomic mass is 10.1. The summed E-state index contributed by atoms with van der Waals surface area (Å²) in [4.78, 5) is 17.7. The van der Waals surface area contributed by atoms with Crippen LogP contribution in [0.4, 0.5) is 0 Å². The van der Waals surface area contributed by atoms with E-state index >= 15 is 0 Å². The van der Waals surface area contributed by atoms with Crippen LogP contribution < -0.4 is 33.2 Å². The van der Waals surface area contributed by atoms with Gasteiger partial charge in [-0.2, -0.15) is 0 Å². The molecule has 0 radical (unpaired) electrons. The standard InChI is InChI=1S/C35H33NO8S/c1-38-27-14-11-22(10-13-26(37)24-20-31(40-3)34(42-5)32(21-24)41-4)18-29(27)43-16-17-44-30-19-23(12-15-28(30)39-2)35-36-25-8-6-7-9-33(25)45-35/h6-15,18-21H,16-17H2,1-5H3/b13-10+. The molecule has 10 heteroatoms. The van der Waals surface area contributed by atoms with E-state index < -0.39 is 0 Å². The Kier molecular flexibility index (Phi) is 10.1. The number of aromatic nitrogens is 1. The van der Waals surface area contributed by atoms with Gasteiger partial charge in [-0.3, -0.25) is 4.79 Å². The van der Waals surface area contributed by atoms with E-state index in [1.54, 1.807) is 55.9 Å². The number of carbonyl (C=O) groups is 1. The van der Waals surface area contributed by atoms with Crippen molar-refractivity contribution in [1.29, 1.82) is 0 Å². The minimum absolute atomic E-state index is 0.233. The van der Waals surface area contributed by atoms with E-state index in [-0.39, 0.29) is 19.0 Å². The highest BCUT2D eigenvalue weighted by molar-refractivity contribution is 7.21. The van der Waals surface area contributed by atoms with E-state index in [2.05, 4.69) is 6.07 Å². The number of para-hydroxylation sites is 1. The molecule has 5 rings (SSSR count). The van der Waals surface area contributed by atoms with Crippen LogP contribution in [-0.2, 0) is 0 Å². The van der Waals surface area contributed by atoms with Crippen molar-refractivity contribution in [3.63, 3.8) is 0 Å². The maximum absolute atomic E-state index is 13.0. The second-order valence-electron chi connectivity index (χ2n) is 9.57. The van der Waals surface area contributed by atoms with E-state index in [9.17, 15) is 4.79 Å². The molecule has 1 heterocycles. The van der Waals surface area contributed by atoms with Crippen molar-refractivity contribution >= 4 is 33.4 Å². The van der Waals surface area contributed by atoms with Crippen LogP contribution in [-0.4, -0.2) is 59.5 Å². The van der Waals surface area contributed by atoms with Gasteiger partial charge in [-0.25, -0.2) is 4.98 Å². The van der Waals surface area contributed by atoms with Crippen molar-refractivity contribution < 1.29 is 38.0 Å². The molecule has 0 aliphatic heterocycles. The smallest absolute Gasteiger partial charge is 0.203 e. The number of hydrogen-bond acceptors (Lipinski definition) is 10. The fraction of sp³-hybridized carbons (Fsp3) is 0.200. The number of ether oxygens (including phenoxy) is 7. The zero-order valence-electron chi connectivity index (χ0n) is 25.6. The van der Waals surface area contributed by atoms with Gasteiger partial charge in [-0.05, 0) is 66.2 Å². The molecule has 0 saturated carbocycles. The molecule has 0 bridgehead atoms. The molecule has 0 aliphatic rings. The monoisotopic (exact) mass is 627 g/mol. The lowest BCUT2D eigenvalue weighted by molar-refractivity contribution is 0.104. The first kappa shape index (κ1) is 31.2. The topological polar surface area (TPSA) is 94.6 Å². The fourth-order valence-corrected chi connectivity index (χ4v) is 5.58. The van der Waals surface area contributed by atoms with Crippen molar-refractivity contribution in [2.45, 2.75) is 0 Å². The molecule has 0 unspecified atom stereocenters. The Bertz CT molecular complexity index is 1770. The number of hydrogen-bond donors (Lipinski definition) is 0. The molecule has 5 aromatic rings. The maximum Gasteiger partial charge on any atom is 0.203 e. The molecule has 0 spiro atoms. The molecule has 0 N–H and O–H groups in total. The third kappa shape index (κ3) is 7.13. The van der Waals surface area contributed by atoms with Gasteiger partial charge in [0.2, 0.25) is 5.75 Å². The van der Waals surface area contributed by atoms with Gasteiger partial charge in [0.25, 0.3) is 0 Å². The van der Waals surface area contributed by atoms with Crippen molar-refractivity contribution in [2.75, 3.05) is 48.8 Å². The molecule has 0 aliphatic carbocycles. The largest absolute Gasteiger partial charge is 0.493 e. The number of rotatable bonds is 14. The first-order chi connectivity index (χ1) is 22.0. The van der Waals surface area contributed by atoms with Crippen molar-refractivity contribution in [2.24, 2.45) is 0 Å². The number of methoxy groups -OCH3 is 5. The van der Waals surface area contributed by atoms with Crippen LogP contribution in [0, 0.1) is 0 Å². The summed E-state index contributed by atoms with van der Waals surface area (Å²) >= 11 is 1.62. The molecule has 9 nitrogen and oxygen atoms in total. The van der Waals surface area contributed by atoms with E-state index in [4.69, 9.17) is 38.1 Å². The number of carbonyl (C=O) groups excluding carboxylic acids is 1. The molecule has 4 aromatic carbocycles. The van der Waals surface area contributed by atoms with Gasteiger partial charge in [0, 0.05) is 11.1 Å². The Hall–Kier alpha value is -5.22. The van der Waals surface area contributed by atoms with Crippen LogP contribution in [0.1, 0.15) is 15.9 Å². The number of ketones is 1. The maximum atomic E-state index is 13.0. The van der Waals surface area contributed by atoms with Gasteiger partial charge in [0.05, 0.1) is 45.8 Å². The second kappa shape index (κ2) is 14.5. The van der Waals surface area contributed by atoms with Crippen LogP contribution in [0.25, 0.3) is 26.9 Å². The second-order valence-corrected chi connectivity index (χ2v) is 10.6. The van der Waals surface area contributed by atoms with Crippen molar-refractivity contribution in [3.8, 4) is 50.8 Å². The quantitative estimate of drug-likeness (QED) is 0.0711. The summed E-state index contributed by atoms with van der Waals surface area (Å²) in [5.74, 6) is 3.25.